The van der Waals surface area contributed by atoms with E-state index in [1.807, 2.05) is 0 Å². The van der Waals surface area contributed by atoms with Crippen molar-refractivity contribution in [3.05, 3.63) is 28.0 Å². The van der Waals surface area contributed by atoms with E-state index in [1.165, 1.54) is 0 Å². The summed E-state index contributed by atoms with van der Waals surface area (Å²) in [6.07, 6.45) is -2.85. The topological polar surface area (TPSA) is 46.2 Å². The molecule has 1 atom stereocenters. The van der Waals surface area contributed by atoms with Crippen molar-refractivity contribution in [1.29, 1.82) is 0 Å². The van der Waals surface area contributed by atoms with Crippen LogP contribution in [0.3, 0.4) is 0 Å². The van der Waals surface area contributed by atoms with Gasteiger partial charge in [-0.1, -0.05) is 15.9 Å². The summed E-state index contributed by atoms with van der Waals surface area (Å²) < 4.78 is 37.5. The Morgan fingerprint density at radius 3 is 2.43 bits per heavy atom. The zero-order valence-electron chi connectivity index (χ0n) is 6.85. The van der Waals surface area contributed by atoms with Gasteiger partial charge in [-0.15, -0.1) is 0 Å². The van der Waals surface area contributed by atoms with Crippen LogP contribution in [0, 0.1) is 5.82 Å². The molecular weight excluding hydrogens is 263 g/mol. The highest BCUT2D eigenvalue weighted by Crippen LogP contribution is 2.32. The van der Waals surface area contributed by atoms with E-state index >= 15 is 0 Å². The van der Waals surface area contributed by atoms with Gasteiger partial charge in [0.2, 0.25) is 0 Å². The van der Waals surface area contributed by atoms with Crippen LogP contribution in [0.25, 0.3) is 0 Å². The van der Waals surface area contributed by atoms with Crippen molar-refractivity contribution in [3.63, 3.8) is 0 Å². The van der Waals surface area contributed by atoms with Crippen LogP contribution < -0.4 is 5.73 Å². The van der Waals surface area contributed by atoms with Gasteiger partial charge in [0.1, 0.15) is 0 Å². The number of halogens is 4. The van der Waals surface area contributed by atoms with Crippen molar-refractivity contribution in [2.24, 2.45) is 5.73 Å². The average Bonchev–Trinajstić information content (AvgIpc) is 2.09. The molecule has 0 aliphatic carbocycles. The van der Waals surface area contributed by atoms with Gasteiger partial charge in [0.05, 0.1) is 6.04 Å². The van der Waals surface area contributed by atoms with Crippen molar-refractivity contribution in [2.45, 2.75) is 12.5 Å². The number of nitrogens with two attached hydrogens (primary N) is 1. The van der Waals surface area contributed by atoms with Crippen LogP contribution in [0.15, 0.2) is 16.6 Å². The van der Waals surface area contributed by atoms with Gasteiger partial charge in [-0.3, -0.25) is 0 Å². The molecule has 0 bridgehead atoms. The molecule has 2 nitrogen and oxygen atoms in total. The fourth-order valence-electron chi connectivity index (χ4n) is 0.976. The molecule has 0 fully saturated rings. The van der Waals surface area contributed by atoms with E-state index < -0.39 is 24.0 Å². The van der Waals surface area contributed by atoms with Gasteiger partial charge < -0.3 is 10.8 Å². The number of aromatic hydroxyl groups is 1. The average molecular weight is 270 g/mol. The summed E-state index contributed by atoms with van der Waals surface area (Å²) in [7, 11) is 0. The molecule has 3 N–H and O–H groups in total. The molecule has 0 radical (unpaired) electrons. The number of phenols is 1. The highest BCUT2D eigenvalue weighted by molar-refractivity contribution is 9.10. The minimum absolute atomic E-state index is 0.249. The smallest absolute Gasteiger partial charge is 0.257 e. The Hall–Kier alpha value is -0.750. The van der Waals surface area contributed by atoms with Crippen LogP contribution in [0.1, 0.15) is 11.6 Å². The molecule has 1 rings (SSSR count). The SMILES string of the molecule is N[C@H](c1cc(Br)cc(F)c1O)C(F)F. The third kappa shape index (κ3) is 2.19. The van der Waals surface area contributed by atoms with Crippen LogP contribution in [-0.4, -0.2) is 11.5 Å². The third-order valence-electron chi connectivity index (χ3n) is 1.69. The van der Waals surface area contributed by atoms with Gasteiger partial charge in [0, 0.05) is 10.0 Å². The van der Waals surface area contributed by atoms with E-state index in [9.17, 15) is 13.2 Å². The van der Waals surface area contributed by atoms with E-state index in [4.69, 9.17) is 10.8 Å². The lowest BCUT2D eigenvalue weighted by molar-refractivity contribution is 0.115. The first kappa shape index (κ1) is 11.3. The van der Waals surface area contributed by atoms with Crippen LogP contribution in [0.4, 0.5) is 13.2 Å². The molecule has 0 spiro atoms. The number of hydrogen-bond donors (Lipinski definition) is 2. The van der Waals surface area contributed by atoms with Crippen molar-refractivity contribution >= 4 is 15.9 Å². The van der Waals surface area contributed by atoms with Gasteiger partial charge in [0.15, 0.2) is 11.6 Å². The molecule has 0 aliphatic rings. The summed E-state index contributed by atoms with van der Waals surface area (Å²) in [5, 5.41) is 9.13. The first-order valence-corrected chi connectivity index (χ1v) is 4.44. The Labute approximate surface area is 86.7 Å². The van der Waals surface area contributed by atoms with E-state index in [0.717, 1.165) is 12.1 Å². The van der Waals surface area contributed by atoms with Crippen LogP contribution in [0.5, 0.6) is 5.75 Å². The van der Waals surface area contributed by atoms with E-state index in [1.54, 1.807) is 0 Å². The van der Waals surface area contributed by atoms with E-state index in [2.05, 4.69) is 15.9 Å². The summed E-state index contributed by atoms with van der Waals surface area (Å²) in [5.74, 6) is -1.81. The molecule has 0 aliphatic heterocycles. The molecule has 0 unspecified atom stereocenters. The maximum Gasteiger partial charge on any atom is 0.257 e. The standard InChI is InChI=1S/C8H7BrF3NO/c9-3-1-4(6(13)8(11)12)7(14)5(10)2-3/h1-2,6,8,14H,13H2/t6-/m1/s1. The second-order valence-corrected chi connectivity index (χ2v) is 3.60. The number of phenolic OH excluding ortho intramolecular Hbond substituents is 1. The number of alkyl halides is 2. The van der Waals surface area contributed by atoms with Gasteiger partial charge in [-0.05, 0) is 12.1 Å². The molecule has 0 saturated carbocycles. The lowest BCUT2D eigenvalue weighted by atomic mass is 10.1. The largest absolute Gasteiger partial charge is 0.505 e. The highest BCUT2D eigenvalue weighted by Gasteiger charge is 2.23. The zero-order valence-corrected chi connectivity index (χ0v) is 8.43. The van der Waals surface area contributed by atoms with Gasteiger partial charge in [0.25, 0.3) is 6.43 Å². The molecule has 0 saturated heterocycles. The Balaban J connectivity index is 3.20. The minimum atomic E-state index is -2.85. The number of rotatable bonds is 2. The zero-order chi connectivity index (χ0) is 10.9. The molecule has 0 aromatic heterocycles. The minimum Gasteiger partial charge on any atom is -0.505 e. The molecule has 78 valence electrons. The lowest BCUT2D eigenvalue weighted by Crippen LogP contribution is -2.19. The highest BCUT2D eigenvalue weighted by atomic mass is 79.9. The fraction of sp³-hybridized carbons (Fsp3) is 0.250. The van der Waals surface area contributed by atoms with Gasteiger partial charge >= 0.3 is 0 Å². The Morgan fingerprint density at radius 1 is 1.36 bits per heavy atom. The molecule has 0 heterocycles. The van der Waals surface area contributed by atoms with Crippen molar-refractivity contribution < 1.29 is 18.3 Å². The summed E-state index contributed by atoms with van der Waals surface area (Å²) in [5.41, 5.74) is 4.77. The maximum atomic E-state index is 12.9. The summed E-state index contributed by atoms with van der Waals surface area (Å²) in [6, 6.07) is 0.439. The summed E-state index contributed by atoms with van der Waals surface area (Å²) in [6.45, 7) is 0. The molecule has 1 aromatic carbocycles. The first-order valence-electron chi connectivity index (χ1n) is 3.65. The van der Waals surface area contributed by atoms with Gasteiger partial charge in [-0.25, -0.2) is 13.2 Å². The molecule has 14 heavy (non-hydrogen) atoms. The second kappa shape index (κ2) is 4.18. The number of hydrogen-bond acceptors (Lipinski definition) is 2. The second-order valence-electron chi connectivity index (χ2n) is 2.69. The Kier molecular flexibility index (Phi) is 3.38. The van der Waals surface area contributed by atoms with E-state index in [0.29, 0.717) is 0 Å². The first-order chi connectivity index (χ1) is 6.43. The summed E-state index contributed by atoms with van der Waals surface area (Å²) >= 11 is 2.91. The fourth-order valence-corrected chi connectivity index (χ4v) is 1.42. The Bertz CT molecular complexity index is 346. The molecule has 1 aromatic rings. The van der Waals surface area contributed by atoms with Gasteiger partial charge in [-0.2, -0.15) is 0 Å². The molecule has 6 heteroatoms. The van der Waals surface area contributed by atoms with Crippen LogP contribution >= 0.6 is 15.9 Å². The normalized spacial score (nSPS) is 13.3. The molecular formula is C8H7BrF3NO. The number of benzene rings is 1. The summed E-state index contributed by atoms with van der Waals surface area (Å²) in [4.78, 5) is 0. The van der Waals surface area contributed by atoms with Crippen molar-refractivity contribution in [1.82, 2.24) is 0 Å². The van der Waals surface area contributed by atoms with Crippen LogP contribution in [-0.2, 0) is 0 Å². The third-order valence-corrected chi connectivity index (χ3v) is 2.15. The van der Waals surface area contributed by atoms with E-state index in [-0.39, 0.29) is 10.0 Å². The lowest BCUT2D eigenvalue weighted by Gasteiger charge is -2.13. The monoisotopic (exact) mass is 269 g/mol. The Morgan fingerprint density at radius 2 is 1.93 bits per heavy atom. The predicted molar refractivity (Wildman–Crippen MR) is 48.7 cm³/mol. The predicted octanol–water partition coefficient (Wildman–Crippen LogP) is 2.56. The molecule has 0 amide bonds. The quantitative estimate of drug-likeness (QED) is 0.867. The van der Waals surface area contributed by atoms with Crippen molar-refractivity contribution in [3.8, 4) is 5.75 Å². The van der Waals surface area contributed by atoms with Crippen molar-refractivity contribution in [2.75, 3.05) is 0 Å². The van der Waals surface area contributed by atoms with Crippen LogP contribution in [0.2, 0.25) is 0 Å². The maximum absolute atomic E-state index is 12.9.